The molecule has 0 unspecified atom stereocenters. The first-order valence-corrected chi connectivity index (χ1v) is 13.4. The smallest absolute Gasteiger partial charge is 0.214 e. The van der Waals surface area contributed by atoms with E-state index in [1.807, 2.05) is 74.5 Å². The lowest BCUT2D eigenvalue weighted by Gasteiger charge is -2.22. The van der Waals surface area contributed by atoms with Gasteiger partial charge in [0.25, 0.3) is 0 Å². The molecule has 0 bridgehead atoms. The molecule has 5 nitrogen and oxygen atoms in total. The van der Waals surface area contributed by atoms with Crippen molar-refractivity contribution in [2.45, 2.75) is 32.4 Å². The molecule has 0 aliphatic heterocycles. The first-order chi connectivity index (χ1) is 16.1. The van der Waals surface area contributed by atoms with Gasteiger partial charge in [-0.1, -0.05) is 97.7 Å². The van der Waals surface area contributed by atoms with Crippen molar-refractivity contribution in [2.24, 2.45) is 10.9 Å². The molecule has 8 heteroatoms. The maximum Gasteiger partial charge on any atom is 0.214 e. The van der Waals surface area contributed by atoms with Crippen LogP contribution in [-0.2, 0) is 10.0 Å². The van der Waals surface area contributed by atoms with Gasteiger partial charge < -0.3 is 5.11 Å². The summed E-state index contributed by atoms with van der Waals surface area (Å²) in [6.07, 6.45) is 1.98. The topological polar surface area (TPSA) is 78.8 Å². The van der Waals surface area contributed by atoms with Crippen molar-refractivity contribution in [1.82, 2.24) is 4.72 Å². The molecule has 0 saturated carbocycles. The van der Waals surface area contributed by atoms with Crippen molar-refractivity contribution < 1.29 is 13.5 Å². The monoisotopic (exact) mass is 518 g/mol. The molecule has 0 aliphatic rings. The van der Waals surface area contributed by atoms with Crippen LogP contribution >= 0.6 is 23.2 Å². The predicted octanol–water partition coefficient (Wildman–Crippen LogP) is 6.24. The number of hydrogen-bond acceptors (Lipinski definition) is 4. The fraction of sp³-hybridized carbons (Fsp3) is 0.269. The number of rotatable bonds is 10. The van der Waals surface area contributed by atoms with E-state index >= 15 is 0 Å². The second kappa shape index (κ2) is 11.8. The van der Waals surface area contributed by atoms with Crippen LogP contribution in [0.3, 0.4) is 0 Å². The molecule has 0 saturated heterocycles. The van der Waals surface area contributed by atoms with Crippen LogP contribution in [0.2, 0.25) is 10.0 Å². The van der Waals surface area contributed by atoms with Crippen LogP contribution in [0, 0.1) is 5.92 Å². The molecule has 34 heavy (non-hydrogen) atoms. The Balaban J connectivity index is 1.86. The molecule has 0 heterocycles. The standard InChI is InChI=1S/C26H28Cl2N2O3S/c1-18(2)13-23(29-16-21-14-22(27)15-24(28)26(21)31)17-34(32,33)30-25(19-9-5-3-6-10-19)20-11-7-4-8-12-20/h3-12,14-16,18,23,25,30-31H,13,17H2,1-2H3/t23-/m0/s1. The van der Waals surface area contributed by atoms with Gasteiger partial charge in [-0.2, -0.15) is 0 Å². The molecule has 0 aliphatic carbocycles. The van der Waals surface area contributed by atoms with Gasteiger partial charge in [0.1, 0.15) is 5.75 Å². The number of benzene rings is 3. The summed E-state index contributed by atoms with van der Waals surface area (Å²) in [6.45, 7) is 4.01. The number of halogens is 2. The molecule has 0 fully saturated rings. The minimum atomic E-state index is -3.73. The first kappa shape index (κ1) is 26.2. The molecule has 0 aromatic heterocycles. The Kier molecular flexibility index (Phi) is 9.14. The largest absolute Gasteiger partial charge is 0.506 e. The Morgan fingerprint density at radius 3 is 2.06 bits per heavy atom. The highest BCUT2D eigenvalue weighted by Crippen LogP contribution is 2.30. The van der Waals surface area contributed by atoms with Crippen LogP contribution in [0.5, 0.6) is 5.75 Å². The minimum Gasteiger partial charge on any atom is -0.506 e. The lowest BCUT2D eigenvalue weighted by atomic mass is 10.00. The zero-order valence-electron chi connectivity index (χ0n) is 19.0. The number of nitrogens with zero attached hydrogens (tertiary/aromatic N) is 1. The summed E-state index contributed by atoms with van der Waals surface area (Å²) in [4.78, 5) is 4.49. The molecule has 3 aromatic carbocycles. The van der Waals surface area contributed by atoms with Crippen molar-refractivity contribution >= 4 is 39.4 Å². The Morgan fingerprint density at radius 1 is 0.971 bits per heavy atom. The van der Waals surface area contributed by atoms with Gasteiger partial charge in [-0.3, -0.25) is 4.99 Å². The van der Waals surface area contributed by atoms with Crippen molar-refractivity contribution in [3.05, 3.63) is 99.5 Å². The SMILES string of the molecule is CC(C)C[C@@H](CS(=O)(=O)NC(c1ccccc1)c1ccccc1)N=Cc1cc(Cl)cc(Cl)c1O. The van der Waals surface area contributed by atoms with Crippen LogP contribution in [0.4, 0.5) is 0 Å². The van der Waals surface area contributed by atoms with Gasteiger partial charge in [0.15, 0.2) is 0 Å². The Hall–Kier alpha value is -2.38. The second-order valence-electron chi connectivity index (χ2n) is 8.54. The predicted molar refractivity (Wildman–Crippen MR) is 141 cm³/mol. The zero-order valence-corrected chi connectivity index (χ0v) is 21.4. The summed E-state index contributed by atoms with van der Waals surface area (Å²) < 4.78 is 29.4. The average Bonchev–Trinajstić information content (AvgIpc) is 2.79. The van der Waals surface area contributed by atoms with Gasteiger partial charge in [0.05, 0.1) is 22.9 Å². The Bertz CT molecular complexity index is 1180. The molecule has 0 radical (unpaired) electrons. The van der Waals surface area contributed by atoms with E-state index in [4.69, 9.17) is 23.2 Å². The number of hydrogen-bond donors (Lipinski definition) is 2. The van der Waals surface area contributed by atoms with E-state index < -0.39 is 22.1 Å². The van der Waals surface area contributed by atoms with E-state index in [9.17, 15) is 13.5 Å². The lowest BCUT2D eigenvalue weighted by molar-refractivity contribution is 0.474. The minimum absolute atomic E-state index is 0.109. The number of nitrogens with one attached hydrogen (secondary N) is 1. The molecular weight excluding hydrogens is 491 g/mol. The molecule has 0 spiro atoms. The number of aromatic hydroxyl groups is 1. The van der Waals surface area contributed by atoms with E-state index in [0.29, 0.717) is 17.0 Å². The molecule has 1 atom stereocenters. The third-order valence-electron chi connectivity index (χ3n) is 5.20. The number of aliphatic imine (C=N–C) groups is 1. The van der Waals surface area contributed by atoms with Gasteiger partial charge in [-0.05, 0) is 35.6 Å². The fourth-order valence-electron chi connectivity index (χ4n) is 3.69. The normalized spacial score (nSPS) is 13.1. The third kappa shape index (κ3) is 7.57. The van der Waals surface area contributed by atoms with Gasteiger partial charge in [-0.25, -0.2) is 13.1 Å². The van der Waals surface area contributed by atoms with Gasteiger partial charge >= 0.3 is 0 Å². The molecule has 3 rings (SSSR count). The number of phenols is 1. The molecule has 180 valence electrons. The Labute approximate surface area is 211 Å². The van der Waals surface area contributed by atoms with E-state index in [1.54, 1.807) is 0 Å². The second-order valence-corrected chi connectivity index (χ2v) is 11.2. The van der Waals surface area contributed by atoms with Gasteiger partial charge in [0.2, 0.25) is 10.0 Å². The maximum absolute atomic E-state index is 13.3. The summed E-state index contributed by atoms with van der Waals surface area (Å²) in [5.74, 6) is -0.132. The molecule has 3 aromatic rings. The fourth-order valence-corrected chi connectivity index (χ4v) is 5.65. The van der Waals surface area contributed by atoms with Crippen LogP contribution in [0.15, 0.2) is 77.8 Å². The van der Waals surface area contributed by atoms with E-state index in [2.05, 4.69) is 9.71 Å². The summed E-state index contributed by atoms with van der Waals surface area (Å²) in [5, 5.41) is 10.7. The van der Waals surface area contributed by atoms with Gasteiger partial charge in [-0.15, -0.1) is 0 Å². The van der Waals surface area contributed by atoms with Crippen molar-refractivity contribution in [2.75, 3.05) is 5.75 Å². The van der Waals surface area contributed by atoms with Crippen LogP contribution in [-0.4, -0.2) is 31.5 Å². The summed E-state index contributed by atoms with van der Waals surface area (Å²) >= 11 is 12.0. The van der Waals surface area contributed by atoms with Crippen molar-refractivity contribution in [3.63, 3.8) is 0 Å². The maximum atomic E-state index is 13.3. The zero-order chi connectivity index (χ0) is 24.7. The number of sulfonamides is 1. The Morgan fingerprint density at radius 2 is 1.53 bits per heavy atom. The summed E-state index contributed by atoms with van der Waals surface area (Å²) in [5.41, 5.74) is 2.03. The molecular formula is C26H28Cl2N2O3S. The molecule has 2 N–H and O–H groups in total. The van der Waals surface area contributed by atoms with Crippen LogP contribution in [0.1, 0.15) is 43.0 Å². The average molecular weight is 519 g/mol. The first-order valence-electron chi connectivity index (χ1n) is 11.0. The van der Waals surface area contributed by atoms with Gasteiger partial charge in [0, 0.05) is 16.8 Å². The summed E-state index contributed by atoms with van der Waals surface area (Å²) in [7, 11) is -3.73. The van der Waals surface area contributed by atoms with E-state index in [0.717, 1.165) is 11.1 Å². The summed E-state index contributed by atoms with van der Waals surface area (Å²) in [6, 6.07) is 20.8. The highest BCUT2D eigenvalue weighted by Gasteiger charge is 2.25. The van der Waals surface area contributed by atoms with Crippen molar-refractivity contribution in [1.29, 1.82) is 0 Å². The lowest BCUT2D eigenvalue weighted by Crippen LogP contribution is -2.35. The third-order valence-corrected chi connectivity index (χ3v) is 7.13. The highest BCUT2D eigenvalue weighted by atomic mass is 35.5. The molecule has 0 amide bonds. The number of phenolic OH excluding ortho intramolecular Hbond substituents is 1. The van der Waals surface area contributed by atoms with Crippen LogP contribution in [0.25, 0.3) is 0 Å². The van der Waals surface area contributed by atoms with E-state index in [-0.39, 0.29) is 22.4 Å². The highest BCUT2D eigenvalue weighted by molar-refractivity contribution is 7.89. The quantitative estimate of drug-likeness (QED) is 0.311. The van der Waals surface area contributed by atoms with Crippen LogP contribution < -0.4 is 4.72 Å². The van der Waals surface area contributed by atoms with Crippen molar-refractivity contribution in [3.8, 4) is 5.75 Å². The van der Waals surface area contributed by atoms with E-state index in [1.165, 1.54) is 18.3 Å².